The van der Waals surface area contributed by atoms with Crippen LogP contribution in [-0.4, -0.2) is 14.8 Å². The summed E-state index contributed by atoms with van der Waals surface area (Å²) >= 11 is 0. The topological polar surface area (TPSA) is 30.7 Å². The Balaban J connectivity index is 1.97. The monoisotopic (exact) mass is 215 g/mol. The van der Waals surface area contributed by atoms with Crippen molar-refractivity contribution in [2.75, 3.05) is 0 Å². The van der Waals surface area contributed by atoms with Gasteiger partial charge < -0.3 is 0 Å². The molecule has 0 aliphatic carbocycles. The van der Waals surface area contributed by atoms with E-state index in [0.29, 0.717) is 0 Å². The Bertz CT molecular complexity index is 420. The van der Waals surface area contributed by atoms with Gasteiger partial charge in [0.15, 0.2) is 0 Å². The van der Waals surface area contributed by atoms with Crippen LogP contribution in [0.5, 0.6) is 0 Å². The lowest BCUT2D eigenvalue weighted by Crippen LogP contribution is -2.00. The van der Waals surface area contributed by atoms with Crippen molar-refractivity contribution in [1.29, 1.82) is 0 Å². The Morgan fingerprint density at radius 2 is 2.12 bits per heavy atom. The quantitative estimate of drug-likeness (QED) is 0.767. The first-order chi connectivity index (χ1) is 7.88. The standard InChI is InChI=1S/C13H17N3/c1-2-3-9-16-10-7-13(15-16)11-12-6-4-5-8-14-12/h4-8,10H,2-3,9,11H2,1H3. The molecule has 0 fully saturated rings. The molecule has 0 atom stereocenters. The van der Waals surface area contributed by atoms with Gasteiger partial charge in [0.2, 0.25) is 0 Å². The maximum atomic E-state index is 4.52. The zero-order valence-electron chi connectivity index (χ0n) is 9.63. The summed E-state index contributed by atoms with van der Waals surface area (Å²) in [5, 5.41) is 4.52. The van der Waals surface area contributed by atoms with Crippen molar-refractivity contribution in [2.45, 2.75) is 32.7 Å². The first-order valence-electron chi connectivity index (χ1n) is 5.80. The molecule has 0 amide bonds. The molecule has 2 rings (SSSR count). The third kappa shape index (κ3) is 2.92. The molecule has 0 radical (unpaired) electrons. The number of nitrogens with zero attached hydrogens (tertiary/aromatic N) is 3. The van der Waals surface area contributed by atoms with Crippen LogP contribution in [0.1, 0.15) is 31.2 Å². The van der Waals surface area contributed by atoms with Crippen LogP contribution in [0, 0.1) is 0 Å². The number of rotatable bonds is 5. The van der Waals surface area contributed by atoms with E-state index in [4.69, 9.17) is 0 Å². The predicted octanol–water partition coefficient (Wildman–Crippen LogP) is 2.67. The molecule has 2 aromatic heterocycles. The van der Waals surface area contributed by atoms with Crippen LogP contribution in [0.4, 0.5) is 0 Å². The van der Waals surface area contributed by atoms with E-state index in [-0.39, 0.29) is 0 Å². The van der Waals surface area contributed by atoms with Crippen LogP contribution < -0.4 is 0 Å². The highest BCUT2D eigenvalue weighted by molar-refractivity contribution is 5.13. The van der Waals surface area contributed by atoms with Crippen LogP contribution in [0.25, 0.3) is 0 Å². The highest BCUT2D eigenvalue weighted by atomic mass is 15.3. The van der Waals surface area contributed by atoms with Gasteiger partial charge in [0.1, 0.15) is 0 Å². The van der Waals surface area contributed by atoms with Crippen molar-refractivity contribution in [3.63, 3.8) is 0 Å². The van der Waals surface area contributed by atoms with Crippen LogP contribution in [-0.2, 0) is 13.0 Å². The van der Waals surface area contributed by atoms with Gasteiger partial charge in [-0.2, -0.15) is 5.10 Å². The number of hydrogen-bond donors (Lipinski definition) is 0. The lowest BCUT2D eigenvalue weighted by molar-refractivity contribution is 0.566. The summed E-state index contributed by atoms with van der Waals surface area (Å²) in [4.78, 5) is 4.30. The Kier molecular flexibility index (Phi) is 3.70. The molecule has 0 saturated heterocycles. The molecule has 0 unspecified atom stereocenters. The van der Waals surface area contributed by atoms with Crippen LogP contribution >= 0.6 is 0 Å². The molecule has 84 valence electrons. The molecule has 3 nitrogen and oxygen atoms in total. The average molecular weight is 215 g/mol. The molecule has 16 heavy (non-hydrogen) atoms. The Morgan fingerprint density at radius 1 is 1.19 bits per heavy atom. The maximum Gasteiger partial charge on any atom is 0.0684 e. The number of pyridine rings is 1. The molecule has 2 heterocycles. The highest BCUT2D eigenvalue weighted by Crippen LogP contribution is 2.05. The Labute approximate surface area is 96.1 Å². The largest absolute Gasteiger partial charge is 0.272 e. The third-order valence-electron chi connectivity index (χ3n) is 2.53. The third-order valence-corrected chi connectivity index (χ3v) is 2.53. The van der Waals surface area contributed by atoms with Crippen molar-refractivity contribution in [3.8, 4) is 0 Å². The van der Waals surface area contributed by atoms with Gasteiger partial charge in [0.05, 0.1) is 5.69 Å². The van der Waals surface area contributed by atoms with E-state index in [1.165, 1.54) is 12.8 Å². The molecule has 0 N–H and O–H groups in total. The highest BCUT2D eigenvalue weighted by Gasteiger charge is 2.00. The fourth-order valence-electron chi connectivity index (χ4n) is 1.63. The molecule has 0 aliphatic heterocycles. The second-order valence-corrected chi connectivity index (χ2v) is 3.92. The van der Waals surface area contributed by atoms with E-state index in [0.717, 1.165) is 24.4 Å². The van der Waals surface area contributed by atoms with Gasteiger partial charge in [-0.25, -0.2) is 0 Å². The number of aromatic nitrogens is 3. The van der Waals surface area contributed by atoms with Crippen molar-refractivity contribution in [1.82, 2.24) is 14.8 Å². The second-order valence-electron chi connectivity index (χ2n) is 3.92. The van der Waals surface area contributed by atoms with Gasteiger partial charge in [-0.1, -0.05) is 19.4 Å². The molecule has 0 spiro atoms. The summed E-state index contributed by atoms with van der Waals surface area (Å²) in [6, 6.07) is 8.05. The van der Waals surface area contributed by atoms with E-state index >= 15 is 0 Å². The predicted molar refractivity (Wildman–Crippen MR) is 64.2 cm³/mol. The van der Waals surface area contributed by atoms with Crippen LogP contribution in [0.15, 0.2) is 36.7 Å². The van der Waals surface area contributed by atoms with Crippen molar-refractivity contribution >= 4 is 0 Å². The summed E-state index contributed by atoms with van der Waals surface area (Å²) in [5.41, 5.74) is 2.16. The zero-order valence-corrected chi connectivity index (χ0v) is 9.63. The SMILES string of the molecule is CCCCn1ccc(Cc2ccccn2)n1. The number of hydrogen-bond acceptors (Lipinski definition) is 2. The average Bonchev–Trinajstić information content (AvgIpc) is 2.75. The number of aryl methyl sites for hydroxylation is 1. The van der Waals surface area contributed by atoms with Gasteiger partial charge in [0, 0.05) is 31.1 Å². The fraction of sp³-hybridized carbons (Fsp3) is 0.385. The Hall–Kier alpha value is -1.64. The van der Waals surface area contributed by atoms with E-state index in [1.807, 2.05) is 35.3 Å². The summed E-state index contributed by atoms with van der Waals surface area (Å²) in [6.07, 6.45) is 7.08. The van der Waals surface area contributed by atoms with Crippen molar-refractivity contribution in [3.05, 3.63) is 48.0 Å². The number of unbranched alkanes of at least 4 members (excludes halogenated alkanes) is 1. The van der Waals surface area contributed by atoms with Crippen molar-refractivity contribution in [2.24, 2.45) is 0 Å². The van der Waals surface area contributed by atoms with E-state index in [1.54, 1.807) is 0 Å². The van der Waals surface area contributed by atoms with E-state index < -0.39 is 0 Å². The first-order valence-corrected chi connectivity index (χ1v) is 5.80. The Morgan fingerprint density at radius 3 is 2.88 bits per heavy atom. The summed E-state index contributed by atoms with van der Waals surface area (Å²) in [5.74, 6) is 0. The summed E-state index contributed by atoms with van der Waals surface area (Å²) in [6.45, 7) is 3.21. The lowest BCUT2D eigenvalue weighted by atomic mass is 10.2. The molecular weight excluding hydrogens is 198 g/mol. The van der Waals surface area contributed by atoms with E-state index in [2.05, 4.69) is 23.1 Å². The van der Waals surface area contributed by atoms with Gasteiger partial charge in [-0.15, -0.1) is 0 Å². The fourth-order valence-corrected chi connectivity index (χ4v) is 1.63. The molecule has 0 aromatic carbocycles. The first kappa shape index (κ1) is 10.9. The normalized spacial score (nSPS) is 10.6. The molecule has 0 aliphatic rings. The molecular formula is C13H17N3. The van der Waals surface area contributed by atoms with Crippen LogP contribution in [0.2, 0.25) is 0 Å². The molecule has 3 heteroatoms. The van der Waals surface area contributed by atoms with Gasteiger partial charge in [-0.3, -0.25) is 9.67 Å². The molecule has 0 saturated carbocycles. The second kappa shape index (κ2) is 5.45. The van der Waals surface area contributed by atoms with Crippen LogP contribution in [0.3, 0.4) is 0 Å². The molecule has 0 bridgehead atoms. The maximum absolute atomic E-state index is 4.52. The van der Waals surface area contributed by atoms with Gasteiger partial charge in [-0.05, 0) is 24.6 Å². The smallest absolute Gasteiger partial charge is 0.0684 e. The van der Waals surface area contributed by atoms with Gasteiger partial charge >= 0.3 is 0 Å². The summed E-state index contributed by atoms with van der Waals surface area (Å²) < 4.78 is 2.02. The minimum atomic E-state index is 0.819. The molecule has 2 aromatic rings. The minimum Gasteiger partial charge on any atom is -0.272 e. The lowest BCUT2D eigenvalue weighted by Gasteiger charge is -1.99. The van der Waals surface area contributed by atoms with Gasteiger partial charge in [0.25, 0.3) is 0 Å². The minimum absolute atomic E-state index is 0.819. The van der Waals surface area contributed by atoms with E-state index in [9.17, 15) is 0 Å². The van der Waals surface area contributed by atoms with Crippen molar-refractivity contribution < 1.29 is 0 Å². The summed E-state index contributed by atoms with van der Waals surface area (Å²) in [7, 11) is 0. The zero-order chi connectivity index (χ0) is 11.2.